The van der Waals surface area contributed by atoms with Gasteiger partial charge in [-0.2, -0.15) is 0 Å². The van der Waals surface area contributed by atoms with E-state index in [1.165, 1.54) is 30.5 Å². The predicted octanol–water partition coefficient (Wildman–Crippen LogP) is 3.13. The molecule has 0 unspecified atom stereocenters. The number of hydrogen-bond acceptors (Lipinski definition) is 5. The number of benzene rings is 1. The van der Waals surface area contributed by atoms with Crippen molar-refractivity contribution in [2.75, 3.05) is 0 Å². The number of hydrogen-bond donors (Lipinski definition) is 1. The minimum Gasteiger partial charge on any atom is -0.478 e. The van der Waals surface area contributed by atoms with E-state index in [0.717, 1.165) is 6.20 Å². The van der Waals surface area contributed by atoms with Crippen molar-refractivity contribution in [2.24, 2.45) is 0 Å². The molecule has 2 aromatic rings. The highest BCUT2D eigenvalue weighted by molar-refractivity contribution is 6.32. The molecule has 7 nitrogen and oxygen atoms in total. The summed E-state index contributed by atoms with van der Waals surface area (Å²) in [6, 6.07) is 5.14. The second-order valence-corrected chi connectivity index (χ2v) is 4.06. The summed E-state index contributed by atoms with van der Waals surface area (Å²) in [5, 5.41) is 19.7. The van der Waals surface area contributed by atoms with E-state index in [1.807, 2.05) is 0 Å². The van der Waals surface area contributed by atoms with Gasteiger partial charge in [0, 0.05) is 12.3 Å². The van der Waals surface area contributed by atoms with Crippen molar-refractivity contribution < 1.29 is 19.6 Å². The largest absolute Gasteiger partial charge is 0.478 e. The van der Waals surface area contributed by atoms with E-state index < -0.39 is 10.9 Å². The van der Waals surface area contributed by atoms with Crippen LogP contribution in [0.15, 0.2) is 36.7 Å². The van der Waals surface area contributed by atoms with E-state index in [2.05, 4.69) is 4.98 Å². The van der Waals surface area contributed by atoms with E-state index in [4.69, 9.17) is 21.4 Å². The summed E-state index contributed by atoms with van der Waals surface area (Å²) in [7, 11) is 0. The molecule has 0 fully saturated rings. The SMILES string of the molecule is O=C(O)c1ccc(Oc2ccncc2[N+](=O)[O-])c(Cl)c1. The Morgan fingerprint density at radius 3 is 2.70 bits per heavy atom. The number of carboxylic acid groups (broad SMARTS) is 1. The summed E-state index contributed by atoms with van der Waals surface area (Å²) in [5.74, 6) is -1.05. The van der Waals surface area contributed by atoms with Gasteiger partial charge in [-0.15, -0.1) is 0 Å². The van der Waals surface area contributed by atoms with Gasteiger partial charge in [0.15, 0.2) is 0 Å². The normalized spacial score (nSPS) is 10.1. The van der Waals surface area contributed by atoms with Crippen LogP contribution in [0.1, 0.15) is 10.4 Å². The van der Waals surface area contributed by atoms with Crippen LogP contribution in [-0.2, 0) is 0 Å². The van der Waals surface area contributed by atoms with E-state index in [-0.39, 0.29) is 27.8 Å². The quantitative estimate of drug-likeness (QED) is 0.686. The number of carboxylic acids is 1. The molecule has 8 heteroatoms. The molecule has 20 heavy (non-hydrogen) atoms. The van der Waals surface area contributed by atoms with Crippen molar-refractivity contribution in [3.63, 3.8) is 0 Å². The first kappa shape index (κ1) is 13.8. The smallest absolute Gasteiger partial charge is 0.335 e. The average molecular weight is 295 g/mol. The molecule has 0 bridgehead atoms. The van der Waals surface area contributed by atoms with Gasteiger partial charge in [0.2, 0.25) is 5.75 Å². The Hall–Kier alpha value is -2.67. The maximum absolute atomic E-state index is 10.8. The minimum absolute atomic E-state index is 0.00780. The molecule has 1 heterocycles. The van der Waals surface area contributed by atoms with Gasteiger partial charge in [-0.25, -0.2) is 4.79 Å². The van der Waals surface area contributed by atoms with Crippen LogP contribution in [0.4, 0.5) is 5.69 Å². The summed E-state index contributed by atoms with van der Waals surface area (Å²) < 4.78 is 5.33. The van der Waals surface area contributed by atoms with Crippen LogP contribution >= 0.6 is 11.6 Å². The first-order valence-corrected chi connectivity index (χ1v) is 5.66. The van der Waals surface area contributed by atoms with Crippen molar-refractivity contribution in [1.82, 2.24) is 4.98 Å². The van der Waals surface area contributed by atoms with Crippen molar-refractivity contribution >= 4 is 23.3 Å². The Bertz CT molecular complexity index is 689. The number of halogens is 1. The lowest BCUT2D eigenvalue weighted by atomic mass is 10.2. The van der Waals surface area contributed by atoms with Crippen molar-refractivity contribution in [3.05, 3.63) is 57.4 Å². The molecule has 0 saturated heterocycles. The van der Waals surface area contributed by atoms with Crippen LogP contribution in [-0.4, -0.2) is 21.0 Å². The molecular formula is C12H7ClN2O5. The second-order valence-electron chi connectivity index (χ2n) is 3.65. The Kier molecular flexibility index (Phi) is 3.81. The highest BCUT2D eigenvalue weighted by Crippen LogP contribution is 2.34. The van der Waals surface area contributed by atoms with Gasteiger partial charge < -0.3 is 9.84 Å². The fraction of sp³-hybridized carbons (Fsp3) is 0. The van der Waals surface area contributed by atoms with Gasteiger partial charge in [0.1, 0.15) is 11.9 Å². The van der Waals surface area contributed by atoms with E-state index in [1.54, 1.807) is 0 Å². The second kappa shape index (κ2) is 5.54. The van der Waals surface area contributed by atoms with Crippen LogP contribution in [0.2, 0.25) is 5.02 Å². The van der Waals surface area contributed by atoms with Gasteiger partial charge in [0.05, 0.1) is 15.5 Å². The number of nitrogens with zero attached hydrogens (tertiary/aromatic N) is 2. The average Bonchev–Trinajstić information content (AvgIpc) is 2.41. The summed E-state index contributed by atoms with van der Waals surface area (Å²) in [5.41, 5.74) is -0.322. The summed E-state index contributed by atoms with van der Waals surface area (Å²) in [6.45, 7) is 0. The van der Waals surface area contributed by atoms with Crippen molar-refractivity contribution in [1.29, 1.82) is 0 Å². The van der Waals surface area contributed by atoms with Crippen LogP contribution < -0.4 is 4.74 Å². The molecule has 0 saturated carbocycles. The first-order chi connectivity index (χ1) is 9.49. The maximum Gasteiger partial charge on any atom is 0.335 e. The highest BCUT2D eigenvalue weighted by Gasteiger charge is 2.17. The maximum atomic E-state index is 10.8. The number of nitro groups is 1. The number of rotatable bonds is 4. The number of aromatic carboxylic acids is 1. The summed E-state index contributed by atoms with van der Waals surface area (Å²) in [4.78, 5) is 24.6. The topological polar surface area (TPSA) is 103 Å². The number of ether oxygens (including phenoxy) is 1. The zero-order valence-electron chi connectivity index (χ0n) is 9.82. The Balaban J connectivity index is 2.36. The number of pyridine rings is 1. The molecule has 0 aliphatic rings. The first-order valence-electron chi connectivity index (χ1n) is 5.28. The standard InChI is InChI=1S/C12H7ClN2O5/c13-8-5-7(12(16)17)1-2-10(8)20-11-3-4-14-6-9(11)15(18)19/h1-6H,(H,16,17). The third kappa shape index (κ3) is 2.83. The van der Waals surface area contributed by atoms with Gasteiger partial charge in [-0.1, -0.05) is 11.6 Å². The number of aromatic nitrogens is 1. The molecule has 102 valence electrons. The van der Waals surface area contributed by atoms with E-state index >= 15 is 0 Å². The van der Waals surface area contributed by atoms with Gasteiger partial charge >= 0.3 is 11.7 Å². The molecule has 1 aromatic heterocycles. The molecule has 1 aromatic carbocycles. The van der Waals surface area contributed by atoms with Gasteiger partial charge in [-0.3, -0.25) is 15.1 Å². The monoisotopic (exact) mass is 294 g/mol. The van der Waals surface area contributed by atoms with Crippen molar-refractivity contribution in [2.45, 2.75) is 0 Å². The van der Waals surface area contributed by atoms with Crippen LogP contribution in [0, 0.1) is 10.1 Å². The van der Waals surface area contributed by atoms with Crippen molar-refractivity contribution in [3.8, 4) is 11.5 Å². The minimum atomic E-state index is -1.13. The molecule has 0 spiro atoms. The Morgan fingerprint density at radius 1 is 1.35 bits per heavy atom. The Morgan fingerprint density at radius 2 is 2.10 bits per heavy atom. The van der Waals surface area contributed by atoms with Crippen LogP contribution in [0.3, 0.4) is 0 Å². The fourth-order valence-corrected chi connectivity index (χ4v) is 1.65. The summed E-state index contributed by atoms with van der Waals surface area (Å²) in [6.07, 6.45) is 2.39. The molecule has 0 radical (unpaired) electrons. The third-order valence-electron chi connectivity index (χ3n) is 2.36. The van der Waals surface area contributed by atoms with E-state index in [0.29, 0.717) is 0 Å². The van der Waals surface area contributed by atoms with Crippen LogP contribution in [0.5, 0.6) is 11.5 Å². The van der Waals surface area contributed by atoms with Gasteiger partial charge in [0.25, 0.3) is 0 Å². The molecule has 0 amide bonds. The lowest BCUT2D eigenvalue weighted by molar-refractivity contribution is -0.386. The van der Waals surface area contributed by atoms with E-state index in [9.17, 15) is 14.9 Å². The zero-order valence-corrected chi connectivity index (χ0v) is 10.6. The molecule has 0 aliphatic heterocycles. The molecule has 1 N–H and O–H groups in total. The molecule has 0 atom stereocenters. The predicted molar refractivity (Wildman–Crippen MR) is 69.4 cm³/mol. The summed E-state index contributed by atoms with van der Waals surface area (Å²) >= 11 is 5.88. The lowest BCUT2D eigenvalue weighted by Gasteiger charge is -2.08. The highest BCUT2D eigenvalue weighted by atomic mass is 35.5. The third-order valence-corrected chi connectivity index (χ3v) is 2.65. The Labute approximate surface area is 117 Å². The molecule has 0 aliphatic carbocycles. The lowest BCUT2D eigenvalue weighted by Crippen LogP contribution is -1.97. The molecular weight excluding hydrogens is 288 g/mol. The van der Waals surface area contributed by atoms with Crippen LogP contribution in [0.25, 0.3) is 0 Å². The fourth-order valence-electron chi connectivity index (χ4n) is 1.43. The molecule has 2 rings (SSSR count). The van der Waals surface area contributed by atoms with Gasteiger partial charge in [-0.05, 0) is 18.2 Å². The number of carbonyl (C=O) groups is 1. The zero-order chi connectivity index (χ0) is 14.7.